The number of nitrogens with one attached hydrogen (secondary N) is 1. The van der Waals surface area contributed by atoms with Crippen molar-refractivity contribution >= 4 is 23.5 Å². The number of hydrogen-bond acceptors (Lipinski definition) is 4. The average Bonchev–Trinajstić information content (AvgIpc) is 2.90. The molecule has 0 saturated carbocycles. The van der Waals surface area contributed by atoms with E-state index in [0.717, 1.165) is 0 Å². The lowest BCUT2D eigenvalue weighted by molar-refractivity contribution is 0.414. The number of phenolic OH excluding ortho intramolecular Hbond substituents is 1. The van der Waals surface area contributed by atoms with E-state index in [1.807, 2.05) is 0 Å². The highest BCUT2D eigenvalue weighted by Crippen LogP contribution is 2.29. The van der Waals surface area contributed by atoms with E-state index in [9.17, 15) is 9.90 Å². The molecule has 1 heterocycles. The molecular formula is C18H16ClN3O3. The first-order valence-electron chi connectivity index (χ1n) is 7.48. The van der Waals surface area contributed by atoms with Gasteiger partial charge in [0.15, 0.2) is 0 Å². The summed E-state index contributed by atoms with van der Waals surface area (Å²) in [7, 11) is 1.58. The summed E-state index contributed by atoms with van der Waals surface area (Å²) in [6.07, 6.45) is 1.42. The molecule has 7 heteroatoms. The molecule has 3 rings (SSSR count). The summed E-state index contributed by atoms with van der Waals surface area (Å²) in [6.45, 7) is 1.78. The summed E-state index contributed by atoms with van der Waals surface area (Å²) in [5.74, 6) is 0.697. The molecule has 128 valence electrons. The zero-order valence-electron chi connectivity index (χ0n) is 13.7. The van der Waals surface area contributed by atoms with E-state index in [1.165, 1.54) is 23.0 Å². The standard InChI is InChI=1S/C18H16ClN3O3/c1-11-15(10-20-16-9-12(19)3-8-17(16)23)18(24)22(21-11)13-4-6-14(25-2)7-5-13/h3-10,21,23H,1-2H3. The van der Waals surface area contributed by atoms with Gasteiger partial charge in [-0.3, -0.25) is 14.9 Å². The SMILES string of the molecule is COc1ccc(-n2[nH]c(C)c(C=Nc3cc(Cl)ccc3O)c2=O)cc1. The fourth-order valence-electron chi connectivity index (χ4n) is 2.36. The minimum atomic E-state index is -0.243. The van der Waals surface area contributed by atoms with Crippen molar-refractivity contribution in [1.82, 2.24) is 9.78 Å². The molecule has 6 nitrogen and oxygen atoms in total. The molecular weight excluding hydrogens is 342 g/mol. The number of benzene rings is 2. The Labute approximate surface area is 149 Å². The number of halogens is 1. The van der Waals surface area contributed by atoms with Crippen molar-refractivity contribution < 1.29 is 9.84 Å². The molecule has 0 aliphatic heterocycles. The number of aromatic amines is 1. The fraction of sp³-hybridized carbons (Fsp3) is 0.111. The van der Waals surface area contributed by atoms with E-state index in [2.05, 4.69) is 10.1 Å². The number of aromatic hydroxyl groups is 1. The Bertz CT molecular complexity index is 988. The topological polar surface area (TPSA) is 79.6 Å². The number of aromatic nitrogens is 2. The zero-order valence-corrected chi connectivity index (χ0v) is 14.4. The first kappa shape index (κ1) is 16.9. The first-order chi connectivity index (χ1) is 12.0. The molecule has 0 spiro atoms. The minimum Gasteiger partial charge on any atom is -0.506 e. The lowest BCUT2D eigenvalue weighted by atomic mass is 10.2. The Hall–Kier alpha value is -2.99. The van der Waals surface area contributed by atoms with Crippen molar-refractivity contribution in [1.29, 1.82) is 0 Å². The van der Waals surface area contributed by atoms with Crippen molar-refractivity contribution in [3.8, 4) is 17.2 Å². The lowest BCUT2D eigenvalue weighted by Crippen LogP contribution is -2.17. The van der Waals surface area contributed by atoms with Crippen LogP contribution in [0.25, 0.3) is 5.69 Å². The highest BCUT2D eigenvalue weighted by Gasteiger charge is 2.11. The van der Waals surface area contributed by atoms with Crippen LogP contribution in [0, 0.1) is 6.92 Å². The number of rotatable bonds is 4. The van der Waals surface area contributed by atoms with Crippen LogP contribution in [0.5, 0.6) is 11.5 Å². The van der Waals surface area contributed by atoms with Crippen LogP contribution in [0.1, 0.15) is 11.3 Å². The van der Waals surface area contributed by atoms with Crippen LogP contribution < -0.4 is 10.3 Å². The summed E-state index contributed by atoms with van der Waals surface area (Å²) >= 11 is 5.90. The molecule has 0 atom stereocenters. The van der Waals surface area contributed by atoms with Crippen LogP contribution in [0.2, 0.25) is 5.02 Å². The third kappa shape index (κ3) is 3.44. The third-order valence-electron chi connectivity index (χ3n) is 3.72. The maximum absolute atomic E-state index is 12.6. The fourth-order valence-corrected chi connectivity index (χ4v) is 2.53. The number of methoxy groups -OCH3 is 1. The van der Waals surface area contributed by atoms with Gasteiger partial charge in [-0.25, -0.2) is 4.68 Å². The first-order valence-corrected chi connectivity index (χ1v) is 7.86. The summed E-state index contributed by atoms with van der Waals surface area (Å²) in [5.41, 5.74) is 1.79. The molecule has 0 fully saturated rings. The molecule has 0 saturated heterocycles. The summed E-state index contributed by atoms with van der Waals surface area (Å²) in [6, 6.07) is 11.6. The molecule has 3 aromatic rings. The van der Waals surface area contributed by atoms with Gasteiger partial charge in [-0.1, -0.05) is 11.6 Å². The van der Waals surface area contributed by atoms with Crippen LogP contribution in [0.15, 0.2) is 52.3 Å². The molecule has 0 bridgehead atoms. The third-order valence-corrected chi connectivity index (χ3v) is 3.95. The van der Waals surface area contributed by atoms with Gasteiger partial charge in [-0.2, -0.15) is 0 Å². The van der Waals surface area contributed by atoms with Crippen LogP contribution >= 0.6 is 11.6 Å². The van der Waals surface area contributed by atoms with Gasteiger partial charge >= 0.3 is 0 Å². The molecule has 2 N–H and O–H groups in total. The molecule has 0 unspecified atom stereocenters. The van der Waals surface area contributed by atoms with Gasteiger partial charge < -0.3 is 9.84 Å². The molecule has 0 aliphatic carbocycles. The number of H-pyrrole nitrogens is 1. The maximum atomic E-state index is 12.6. The number of nitrogens with zero attached hydrogens (tertiary/aromatic N) is 2. The normalized spacial score (nSPS) is 11.2. The predicted molar refractivity (Wildman–Crippen MR) is 98.0 cm³/mol. The van der Waals surface area contributed by atoms with E-state index < -0.39 is 0 Å². The van der Waals surface area contributed by atoms with Crippen molar-refractivity contribution in [3.63, 3.8) is 0 Å². The summed E-state index contributed by atoms with van der Waals surface area (Å²) in [5, 5.41) is 13.3. The second-order valence-electron chi connectivity index (χ2n) is 5.38. The highest BCUT2D eigenvalue weighted by atomic mass is 35.5. The summed E-state index contributed by atoms with van der Waals surface area (Å²) in [4.78, 5) is 16.8. The predicted octanol–water partition coefficient (Wildman–Crippen LogP) is 3.59. The van der Waals surface area contributed by atoms with E-state index >= 15 is 0 Å². The van der Waals surface area contributed by atoms with Gasteiger partial charge in [0.1, 0.15) is 17.2 Å². The Morgan fingerprint density at radius 1 is 1.24 bits per heavy atom. The van der Waals surface area contributed by atoms with Gasteiger partial charge in [0.05, 0.1) is 18.4 Å². The Morgan fingerprint density at radius 3 is 2.64 bits per heavy atom. The van der Waals surface area contributed by atoms with Gasteiger partial charge in [0, 0.05) is 16.9 Å². The van der Waals surface area contributed by atoms with E-state index in [-0.39, 0.29) is 11.3 Å². The second kappa shape index (κ2) is 6.86. The highest BCUT2D eigenvalue weighted by molar-refractivity contribution is 6.30. The molecule has 0 radical (unpaired) electrons. The Kier molecular flexibility index (Phi) is 4.63. The van der Waals surface area contributed by atoms with Crippen LogP contribution in [0.3, 0.4) is 0 Å². The Morgan fingerprint density at radius 2 is 1.96 bits per heavy atom. The van der Waals surface area contributed by atoms with Crippen molar-refractivity contribution in [2.24, 2.45) is 4.99 Å². The smallest absolute Gasteiger partial charge is 0.280 e. The average molecular weight is 358 g/mol. The molecule has 0 amide bonds. The molecule has 25 heavy (non-hydrogen) atoms. The second-order valence-corrected chi connectivity index (χ2v) is 5.82. The monoisotopic (exact) mass is 357 g/mol. The van der Waals surface area contributed by atoms with Crippen LogP contribution in [-0.4, -0.2) is 28.2 Å². The van der Waals surface area contributed by atoms with Gasteiger partial charge in [-0.05, 0) is 49.4 Å². The van der Waals surface area contributed by atoms with E-state index in [0.29, 0.717) is 33.4 Å². The molecule has 2 aromatic carbocycles. The van der Waals surface area contributed by atoms with Gasteiger partial charge in [0.2, 0.25) is 0 Å². The minimum absolute atomic E-state index is 0.00989. The zero-order chi connectivity index (χ0) is 18.0. The summed E-state index contributed by atoms with van der Waals surface area (Å²) < 4.78 is 6.54. The van der Waals surface area contributed by atoms with Gasteiger partial charge in [-0.15, -0.1) is 0 Å². The van der Waals surface area contributed by atoms with Crippen molar-refractivity contribution in [2.75, 3.05) is 7.11 Å². The number of aliphatic imine (C=N–C) groups is 1. The number of hydrogen-bond donors (Lipinski definition) is 2. The van der Waals surface area contributed by atoms with Crippen molar-refractivity contribution in [3.05, 3.63) is 69.1 Å². The number of aryl methyl sites for hydroxylation is 1. The van der Waals surface area contributed by atoms with Crippen LogP contribution in [-0.2, 0) is 0 Å². The van der Waals surface area contributed by atoms with Crippen molar-refractivity contribution in [2.45, 2.75) is 6.92 Å². The van der Waals surface area contributed by atoms with Crippen LogP contribution in [0.4, 0.5) is 5.69 Å². The quantitative estimate of drug-likeness (QED) is 0.700. The number of phenols is 1. The largest absolute Gasteiger partial charge is 0.506 e. The molecule has 1 aromatic heterocycles. The maximum Gasteiger partial charge on any atom is 0.280 e. The number of ether oxygens (including phenoxy) is 1. The van der Waals surface area contributed by atoms with E-state index in [1.54, 1.807) is 44.4 Å². The molecule has 0 aliphatic rings. The lowest BCUT2D eigenvalue weighted by Gasteiger charge is -2.03. The Balaban J connectivity index is 1.98. The van der Waals surface area contributed by atoms with E-state index in [4.69, 9.17) is 16.3 Å². The van der Waals surface area contributed by atoms with Gasteiger partial charge in [0.25, 0.3) is 5.56 Å².